The van der Waals surface area contributed by atoms with Gasteiger partial charge in [0.15, 0.2) is 6.23 Å². The first-order valence-corrected chi connectivity index (χ1v) is 9.30. The van der Waals surface area contributed by atoms with E-state index in [4.69, 9.17) is 9.47 Å². The van der Waals surface area contributed by atoms with Gasteiger partial charge in [0.05, 0.1) is 12.2 Å². The fraction of sp³-hybridized carbons (Fsp3) is 0.722. The Kier molecular flexibility index (Phi) is 7.53. The SMILES string of the molecule is Cc1cn([C@@H]2O[C@H]([C@@H](C)O)[C@@H](C)[C@H]2OCC(=O)NCCN(C)C)c(=O)[nH]c1=O. The number of amides is 1. The van der Waals surface area contributed by atoms with Crippen molar-refractivity contribution in [2.45, 2.75) is 45.3 Å². The maximum atomic E-state index is 12.3. The number of nitrogens with one attached hydrogen (secondary N) is 2. The van der Waals surface area contributed by atoms with Crippen molar-refractivity contribution in [2.24, 2.45) is 5.92 Å². The van der Waals surface area contributed by atoms with E-state index in [-0.39, 0.29) is 18.4 Å². The van der Waals surface area contributed by atoms with Crippen molar-refractivity contribution in [3.63, 3.8) is 0 Å². The highest BCUT2D eigenvalue weighted by atomic mass is 16.6. The van der Waals surface area contributed by atoms with Gasteiger partial charge in [-0.1, -0.05) is 6.92 Å². The van der Waals surface area contributed by atoms with Gasteiger partial charge in [0.1, 0.15) is 12.7 Å². The highest BCUT2D eigenvalue weighted by Crippen LogP contribution is 2.36. The van der Waals surface area contributed by atoms with Crippen LogP contribution in [0, 0.1) is 12.8 Å². The monoisotopic (exact) mass is 398 g/mol. The maximum absolute atomic E-state index is 12.3. The van der Waals surface area contributed by atoms with E-state index < -0.39 is 35.8 Å². The lowest BCUT2D eigenvalue weighted by Gasteiger charge is -2.23. The molecule has 1 fully saturated rings. The number of ether oxygens (including phenoxy) is 2. The Balaban J connectivity index is 2.16. The van der Waals surface area contributed by atoms with Gasteiger partial charge < -0.3 is 24.8 Å². The number of H-pyrrole nitrogens is 1. The van der Waals surface area contributed by atoms with Gasteiger partial charge in [-0.15, -0.1) is 0 Å². The second-order valence-corrected chi connectivity index (χ2v) is 7.50. The zero-order valence-corrected chi connectivity index (χ0v) is 17.0. The molecule has 1 aromatic rings. The van der Waals surface area contributed by atoms with E-state index in [0.29, 0.717) is 18.7 Å². The first kappa shape index (κ1) is 22.3. The molecule has 0 spiro atoms. The fourth-order valence-corrected chi connectivity index (χ4v) is 3.24. The minimum atomic E-state index is -0.868. The fourth-order valence-electron chi connectivity index (χ4n) is 3.24. The van der Waals surface area contributed by atoms with Crippen LogP contribution in [0.5, 0.6) is 0 Å². The van der Waals surface area contributed by atoms with E-state index in [2.05, 4.69) is 10.3 Å². The Bertz CT molecular complexity index is 787. The van der Waals surface area contributed by atoms with Crippen LogP contribution >= 0.6 is 0 Å². The van der Waals surface area contributed by atoms with E-state index in [0.717, 1.165) is 0 Å². The number of likely N-dealkylation sites (N-methyl/N-ethyl adjacent to an activating group) is 1. The normalized spacial score (nSPS) is 25.8. The first-order valence-electron chi connectivity index (χ1n) is 9.30. The Labute approximate surface area is 163 Å². The summed E-state index contributed by atoms with van der Waals surface area (Å²) in [6.45, 7) is 5.99. The summed E-state index contributed by atoms with van der Waals surface area (Å²) in [4.78, 5) is 40.2. The summed E-state index contributed by atoms with van der Waals surface area (Å²) in [7, 11) is 3.82. The van der Waals surface area contributed by atoms with Crippen LogP contribution in [-0.4, -0.2) is 77.6 Å². The number of aryl methyl sites for hydroxylation is 1. The Morgan fingerprint density at radius 1 is 1.46 bits per heavy atom. The summed E-state index contributed by atoms with van der Waals surface area (Å²) in [5.41, 5.74) is -0.767. The number of hydrogen-bond donors (Lipinski definition) is 3. The number of hydrogen-bond acceptors (Lipinski definition) is 7. The van der Waals surface area contributed by atoms with Gasteiger partial charge in [-0.3, -0.25) is 19.1 Å². The van der Waals surface area contributed by atoms with Crippen LogP contribution in [0.4, 0.5) is 0 Å². The van der Waals surface area contributed by atoms with Gasteiger partial charge in [-0.2, -0.15) is 0 Å². The molecule has 0 saturated carbocycles. The summed E-state index contributed by atoms with van der Waals surface area (Å²) in [6.07, 6.45) is -1.49. The molecule has 0 unspecified atom stereocenters. The van der Waals surface area contributed by atoms with Crippen molar-refractivity contribution in [1.29, 1.82) is 0 Å². The van der Waals surface area contributed by atoms with E-state index in [1.54, 1.807) is 13.8 Å². The van der Waals surface area contributed by atoms with Crippen molar-refractivity contribution in [3.8, 4) is 0 Å². The highest BCUT2D eigenvalue weighted by molar-refractivity contribution is 5.77. The van der Waals surface area contributed by atoms with Gasteiger partial charge in [0.2, 0.25) is 5.91 Å². The van der Waals surface area contributed by atoms with Gasteiger partial charge in [0, 0.05) is 30.8 Å². The quantitative estimate of drug-likeness (QED) is 0.503. The molecule has 158 valence electrons. The van der Waals surface area contributed by atoms with Crippen molar-refractivity contribution in [1.82, 2.24) is 19.8 Å². The second kappa shape index (κ2) is 9.46. The Hall–Kier alpha value is -2.01. The minimum Gasteiger partial charge on any atom is -0.391 e. The number of aliphatic hydroxyl groups excluding tert-OH is 1. The molecule has 0 aromatic carbocycles. The number of carbonyl (C=O) groups excluding carboxylic acids is 1. The largest absolute Gasteiger partial charge is 0.391 e. The average molecular weight is 398 g/mol. The van der Waals surface area contributed by atoms with Crippen molar-refractivity contribution >= 4 is 5.91 Å². The van der Waals surface area contributed by atoms with Crippen molar-refractivity contribution in [2.75, 3.05) is 33.8 Å². The van der Waals surface area contributed by atoms with Crippen LogP contribution in [0.1, 0.15) is 25.6 Å². The zero-order valence-electron chi connectivity index (χ0n) is 17.0. The number of carbonyl (C=O) groups is 1. The van der Waals surface area contributed by atoms with E-state index in [9.17, 15) is 19.5 Å². The molecule has 1 aliphatic rings. The molecular formula is C18H30N4O6. The molecular weight excluding hydrogens is 368 g/mol. The molecule has 2 heterocycles. The zero-order chi connectivity index (χ0) is 21.0. The molecule has 10 heteroatoms. The van der Waals surface area contributed by atoms with E-state index >= 15 is 0 Å². The molecule has 10 nitrogen and oxygen atoms in total. The number of aliphatic hydroxyl groups is 1. The van der Waals surface area contributed by atoms with Crippen molar-refractivity contribution < 1.29 is 19.4 Å². The molecule has 3 N–H and O–H groups in total. The number of rotatable bonds is 8. The third kappa shape index (κ3) is 5.28. The number of nitrogens with zero attached hydrogens (tertiary/aromatic N) is 2. The average Bonchev–Trinajstić information content (AvgIpc) is 2.92. The standard InChI is InChI=1S/C18H30N4O6/c1-10-8-22(18(26)20-16(10)25)17-15(11(2)14(28-17)12(3)23)27-9-13(24)19-6-7-21(4)5/h8,11-12,14-15,17,23H,6-7,9H2,1-5H3,(H,19,24)(H,20,25,26)/t11-,12-,14+,15-,17-/m1/s1. The van der Waals surface area contributed by atoms with E-state index in [1.165, 1.54) is 10.8 Å². The Morgan fingerprint density at radius 2 is 2.14 bits per heavy atom. The summed E-state index contributed by atoms with van der Waals surface area (Å²) >= 11 is 0. The highest BCUT2D eigenvalue weighted by Gasteiger charge is 2.46. The van der Waals surface area contributed by atoms with Gasteiger partial charge >= 0.3 is 5.69 Å². The summed E-state index contributed by atoms with van der Waals surface area (Å²) in [5.74, 6) is -0.558. The number of aromatic amines is 1. The van der Waals surface area contributed by atoms with E-state index in [1.807, 2.05) is 25.9 Å². The van der Waals surface area contributed by atoms with Gasteiger partial charge in [-0.25, -0.2) is 4.79 Å². The molecule has 0 aliphatic carbocycles. The predicted octanol–water partition coefficient (Wildman–Crippen LogP) is -1.18. The van der Waals surface area contributed by atoms with Crippen molar-refractivity contribution in [3.05, 3.63) is 32.6 Å². The second-order valence-electron chi connectivity index (χ2n) is 7.50. The molecule has 2 rings (SSSR count). The third-order valence-electron chi connectivity index (χ3n) is 4.80. The van der Waals surface area contributed by atoms with Gasteiger partial charge in [0.25, 0.3) is 5.56 Å². The summed E-state index contributed by atoms with van der Waals surface area (Å²) in [6, 6.07) is 0. The number of aromatic nitrogens is 2. The lowest BCUT2D eigenvalue weighted by molar-refractivity contribution is -0.132. The van der Waals surface area contributed by atoms with Crippen LogP contribution in [0.2, 0.25) is 0 Å². The van der Waals surface area contributed by atoms with Crippen LogP contribution in [0.3, 0.4) is 0 Å². The molecule has 1 aliphatic heterocycles. The van der Waals surface area contributed by atoms with Crippen LogP contribution < -0.4 is 16.6 Å². The molecule has 1 aromatic heterocycles. The molecule has 1 amide bonds. The lowest BCUT2D eigenvalue weighted by Crippen LogP contribution is -2.40. The maximum Gasteiger partial charge on any atom is 0.330 e. The minimum absolute atomic E-state index is 0.202. The topological polar surface area (TPSA) is 126 Å². The molecule has 1 saturated heterocycles. The molecule has 0 bridgehead atoms. The van der Waals surface area contributed by atoms with Crippen LogP contribution in [-0.2, 0) is 14.3 Å². The smallest absolute Gasteiger partial charge is 0.330 e. The third-order valence-corrected chi connectivity index (χ3v) is 4.80. The van der Waals surface area contributed by atoms with Gasteiger partial charge in [-0.05, 0) is 27.9 Å². The lowest BCUT2D eigenvalue weighted by atomic mass is 9.97. The summed E-state index contributed by atoms with van der Waals surface area (Å²) in [5, 5.41) is 12.8. The molecule has 28 heavy (non-hydrogen) atoms. The van der Waals surface area contributed by atoms with Crippen LogP contribution in [0.25, 0.3) is 0 Å². The Morgan fingerprint density at radius 3 is 2.75 bits per heavy atom. The van der Waals surface area contributed by atoms with Crippen LogP contribution in [0.15, 0.2) is 15.8 Å². The summed E-state index contributed by atoms with van der Waals surface area (Å²) < 4.78 is 12.9. The first-order chi connectivity index (χ1) is 13.1. The predicted molar refractivity (Wildman–Crippen MR) is 102 cm³/mol. The molecule has 5 atom stereocenters. The molecule has 0 radical (unpaired) electrons.